The van der Waals surface area contributed by atoms with Crippen molar-refractivity contribution in [3.63, 3.8) is 0 Å². The van der Waals surface area contributed by atoms with Crippen molar-refractivity contribution in [2.75, 3.05) is 31.1 Å². The summed E-state index contributed by atoms with van der Waals surface area (Å²) in [6.07, 6.45) is 1.33. The summed E-state index contributed by atoms with van der Waals surface area (Å²) in [6, 6.07) is 0. The number of hydrogen-bond acceptors (Lipinski definition) is 4. The van der Waals surface area contributed by atoms with Crippen LogP contribution in [-0.4, -0.2) is 43.1 Å². The molecule has 0 bridgehead atoms. The molecule has 1 aliphatic rings. The molecule has 4 heteroatoms. The van der Waals surface area contributed by atoms with Gasteiger partial charge in [0.15, 0.2) is 0 Å². The van der Waals surface area contributed by atoms with Crippen LogP contribution < -0.4 is 5.32 Å². The number of rotatable bonds is 1. The van der Waals surface area contributed by atoms with Crippen LogP contribution in [0.3, 0.4) is 0 Å². The lowest BCUT2D eigenvalue weighted by Crippen LogP contribution is -2.18. The molecule has 0 aromatic heterocycles. The standard InChI is InChI=1S/C9H13N3S/c10-7-9-8-13-6-2-1-3-11-4-5-12-9/h7,10-11H,3-6,8H2. The molecule has 0 amide bonds. The second kappa shape index (κ2) is 6.70. The van der Waals surface area contributed by atoms with Crippen molar-refractivity contribution in [1.29, 1.82) is 5.41 Å². The minimum atomic E-state index is 0.743. The van der Waals surface area contributed by atoms with Gasteiger partial charge in [0, 0.05) is 18.5 Å². The largest absolute Gasteiger partial charge is 0.307 e. The smallest absolute Gasteiger partial charge is 0.0623 e. The zero-order valence-corrected chi connectivity index (χ0v) is 8.28. The quantitative estimate of drug-likeness (QED) is 0.470. The first-order valence-electron chi connectivity index (χ1n) is 4.21. The number of aliphatic imine (C=N–C) groups is 1. The van der Waals surface area contributed by atoms with Gasteiger partial charge in [-0.15, -0.1) is 11.8 Å². The molecule has 0 saturated heterocycles. The van der Waals surface area contributed by atoms with E-state index >= 15 is 0 Å². The van der Waals surface area contributed by atoms with Crippen molar-refractivity contribution in [2.45, 2.75) is 0 Å². The molecule has 0 aromatic rings. The third kappa shape index (κ3) is 4.71. The summed E-state index contributed by atoms with van der Waals surface area (Å²) in [5.74, 6) is 7.71. The van der Waals surface area contributed by atoms with E-state index in [0.29, 0.717) is 0 Å². The third-order valence-corrected chi connectivity index (χ3v) is 2.38. The van der Waals surface area contributed by atoms with Gasteiger partial charge in [0.2, 0.25) is 0 Å². The maximum Gasteiger partial charge on any atom is 0.0623 e. The van der Waals surface area contributed by atoms with Gasteiger partial charge in [-0.3, -0.25) is 4.99 Å². The molecule has 0 aliphatic carbocycles. The summed E-state index contributed by atoms with van der Waals surface area (Å²) < 4.78 is 0. The van der Waals surface area contributed by atoms with Crippen LogP contribution in [0.15, 0.2) is 4.99 Å². The Bertz CT molecular complexity index is 249. The van der Waals surface area contributed by atoms with Gasteiger partial charge in [0.25, 0.3) is 0 Å². The molecule has 0 spiro atoms. The molecule has 0 unspecified atom stereocenters. The highest BCUT2D eigenvalue weighted by molar-refractivity contribution is 8.00. The summed E-state index contributed by atoms with van der Waals surface area (Å²) in [5, 5.41) is 10.3. The molecule has 1 rings (SSSR count). The van der Waals surface area contributed by atoms with E-state index in [9.17, 15) is 0 Å². The second-order valence-corrected chi connectivity index (χ2v) is 3.53. The summed E-state index contributed by atoms with van der Waals surface area (Å²) in [4.78, 5) is 4.28. The number of thioether (sulfide) groups is 1. The average molecular weight is 195 g/mol. The third-order valence-electron chi connectivity index (χ3n) is 1.53. The molecule has 70 valence electrons. The van der Waals surface area contributed by atoms with Gasteiger partial charge in [0.1, 0.15) is 0 Å². The first kappa shape index (κ1) is 10.3. The fourth-order valence-electron chi connectivity index (χ4n) is 0.883. The van der Waals surface area contributed by atoms with Crippen LogP contribution in [0.4, 0.5) is 0 Å². The van der Waals surface area contributed by atoms with Crippen LogP contribution in [0.2, 0.25) is 0 Å². The van der Waals surface area contributed by atoms with E-state index in [2.05, 4.69) is 22.2 Å². The Balaban J connectivity index is 2.46. The summed E-state index contributed by atoms with van der Waals surface area (Å²) in [7, 11) is 0. The van der Waals surface area contributed by atoms with Gasteiger partial charge in [-0.25, -0.2) is 0 Å². The molecule has 13 heavy (non-hydrogen) atoms. The molecular weight excluding hydrogens is 182 g/mol. The highest BCUT2D eigenvalue weighted by atomic mass is 32.2. The Hall–Kier alpha value is -0.790. The normalized spacial score (nSPS) is 18.9. The Morgan fingerprint density at radius 2 is 2.46 bits per heavy atom. The topological polar surface area (TPSA) is 48.2 Å². The molecular formula is C9H13N3S. The van der Waals surface area contributed by atoms with E-state index < -0.39 is 0 Å². The molecule has 3 nitrogen and oxygen atoms in total. The fourth-order valence-corrected chi connectivity index (χ4v) is 1.57. The number of nitrogens with zero attached hydrogens (tertiary/aromatic N) is 1. The molecule has 0 saturated carbocycles. The predicted octanol–water partition coefficient (Wildman–Crippen LogP) is 0.417. The van der Waals surface area contributed by atoms with E-state index in [1.165, 1.54) is 6.21 Å². The molecule has 2 N–H and O–H groups in total. The monoisotopic (exact) mass is 195 g/mol. The lowest BCUT2D eigenvalue weighted by atomic mass is 10.4. The summed E-state index contributed by atoms with van der Waals surface area (Å²) in [6.45, 7) is 2.33. The fraction of sp³-hybridized carbons (Fsp3) is 0.556. The van der Waals surface area contributed by atoms with E-state index in [4.69, 9.17) is 5.41 Å². The van der Waals surface area contributed by atoms with E-state index in [0.717, 1.165) is 36.9 Å². The lowest BCUT2D eigenvalue weighted by molar-refractivity contribution is 0.764. The van der Waals surface area contributed by atoms with Crippen molar-refractivity contribution in [2.24, 2.45) is 4.99 Å². The van der Waals surface area contributed by atoms with Crippen LogP contribution in [0.25, 0.3) is 0 Å². The van der Waals surface area contributed by atoms with Crippen LogP contribution in [0, 0.1) is 17.3 Å². The SMILES string of the molecule is N=CC1=NCCNCC#CCSC1. The second-order valence-electron chi connectivity index (χ2n) is 2.54. The first-order valence-corrected chi connectivity index (χ1v) is 5.37. The van der Waals surface area contributed by atoms with Crippen molar-refractivity contribution < 1.29 is 0 Å². The van der Waals surface area contributed by atoms with Crippen molar-refractivity contribution in [3.05, 3.63) is 0 Å². The Morgan fingerprint density at radius 3 is 3.31 bits per heavy atom. The summed E-state index contributed by atoms with van der Waals surface area (Å²) in [5.41, 5.74) is 0.857. The van der Waals surface area contributed by atoms with Crippen LogP contribution >= 0.6 is 11.8 Å². The lowest BCUT2D eigenvalue weighted by Gasteiger charge is -1.98. The maximum atomic E-state index is 7.12. The zero-order valence-electron chi connectivity index (χ0n) is 7.47. The average Bonchev–Trinajstić information content (AvgIpc) is 2.22. The molecule has 0 fully saturated rings. The van der Waals surface area contributed by atoms with E-state index in [-0.39, 0.29) is 0 Å². The van der Waals surface area contributed by atoms with Crippen LogP contribution in [0.1, 0.15) is 0 Å². The van der Waals surface area contributed by atoms with Gasteiger partial charge in [-0.1, -0.05) is 11.8 Å². The molecule has 0 radical (unpaired) electrons. The number of nitrogens with one attached hydrogen (secondary N) is 2. The number of hydrogen-bond donors (Lipinski definition) is 2. The molecule has 0 aromatic carbocycles. The van der Waals surface area contributed by atoms with Gasteiger partial charge in [-0.2, -0.15) is 0 Å². The van der Waals surface area contributed by atoms with Gasteiger partial charge >= 0.3 is 0 Å². The van der Waals surface area contributed by atoms with Gasteiger partial charge < -0.3 is 10.7 Å². The van der Waals surface area contributed by atoms with Crippen molar-refractivity contribution >= 4 is 23.7 Å². The molecule has 1 aliphatic heterocycles. The minimum Gasteiger partial charge on any atom is -0.307 e. The van der Waals surface area contributed by atoms with Crippen LogP contribution in [-0.2, 0) is 0 Å². The molecule has 0 atom stereocenters. The zero-order chi connectivity index (χ0) is 9.36. The highest BCUT2D eigenvalue weighted by Crippen LogP contribution is 1.98. The Kier molecular flexibility index (Phi) is 5.30. The molecule has 1 heterocycles. The van der Waals surface area contributed by atoms with Crippen molar-refractivity contribution in [3.8, 4) is 11.8 Å². The minimum absolute atomic E-state index is 0.743. The van der Waals surface area contributed by atoms with Gasteiger partial charge in [0.05, 0.1) is 24.6 Å². The Labute approximate surface area is 82.9 Å². The Morgan fingerprint density at radius 1 is 1.54 bits per heavy atom. The summed E-state index contributed by atoms with van der Waals surface area (Å²) >= 11 is 1.71. The van der Waals surface area contributed by atoms with Crippen LogP contribution in [0.5, 0.6) is 0 Å². The first-order chi connectivity index (χ1) is 6.43. The highest BCUT2D eigenvalue weighted by Gasteiger charge is 1.95. The van der Waals surface area contributed by atoms with E-state index in [1.807, 2.05) is 0 Å². The van der Waals surface area contributed by atoms with Gasteiger partial charge in [-0.05, 0) is 0 Å². The predicted molar refractivity (Wildman–Crippen MR) is 59.1 cm³/mol. The maximum absolute atomic E-state index is 7.12. The van der Waals surface area contributed by atoms with Crippen molar-refractivity contribution in [1.82, 2.24) is 5.32 Å². The van der Waals surface area contributed by atoms with E-state index in [1.54, 1.807) is 11.8 Å².